The average Bonchev–Trinajstić information content (AvgIpc) is 1.61. The molecular formula is C4H10AlO+. The first-order valence-electron chi connectivity index (χ1n) is 2.34. The molecule has 0 spiro atoms. The van der Waals surface area contributed by atoms with Gasteiger partial charge in [-0.25, -0.2) is 0 Å². The van der Waals surface area contributed by atoms with Crippen LogP contribution in [0.25, 0.3) is 0 Å². The Hall–Kier alpha value is 0.492. The zero-order valence-electron chi connectivity index (χ0n) is 4.15. The van der Waals surface area contributed by atoms with Gasteiger partial charge in [-0.3, -0.25) is 0 Å². The number of rotatable bonds is 3. The minimum atomic E-state index is 0.392. The van der Waals surface area contributed by atoms with Crippen LogP contribution < -0.4 is 0 Å². The van der Waals surface area contributed by atoms with Crippen molar-refractivity contribution in [3.63, 3.8) is 0 Å². The van der Waals surface area contributed by atoms with Crippen LogP contribution in [-0.2, 0) is 0 Å². The van der Waals surface area contributed by atoms with Gasteiger partial charge in [-0.2, -0.15) is 0 Å². The fourth-order valence-corrected chi connectivity index (χ4v) is 0.886. The molecule has 0 rings (SSSR count). The van der Waals surface area contributed by atoms with E-state index >= 15 is 0 Å². The number of aliphatic hydroxyl groups is 1. The third-order valence-electron chi connectivity index (χ3n) is 0.622. The fraction of sp³-hybridized carbons (Fsp3) is 1.00. The van der Waals surface area contributed by atoms with Gasteiger partial charge in [0, 0.05) is 0 Å². The van der Waals surface area contributed by atoms with E-state index < -0.39 is 0 Å². The Kier molecular flexibility index (Phi) is 5.94. The molecule has 0 aromatic carbocycles. The van der Waals surface area contributed by atoms with Gasteiger partial charge in [-0.15, -0.1) is 0 Å². The predicted molar refractivity (Wildman–Crippen MR) is 28.1 cm³/mol. The Morgan fingerprint density at radius 1 is 1.67 bits per heavy atom. The van der Waals surface area contributed by atoms with E-state index in [0.717, 1.165) is 5.28 Å². The molecule has 1 N–H and O–H groups in total. The second-order valence-corrected chi connectivity index (χ2v) is 3.18. The van der Waals surface area contributed by atoms with Gasteiger partial charge >= 0.3 is 44.4 Å². The molecule has 0 unspecified atom stereocenters. The molecule has 34 valence electrons. The molecule has 0 aliphatic carbocycles. The van der Waals surface area contributed by atoms with Crippen LogP contribution in [0, 0.1) is 0 Å². The summed E-state index contributed by atoms with van der Waals surface area (Å²) in [6.45, 7) is 2.55. The molecule has 0 amide bonds. The Morgan fingerprint density at radius 2 is 2.33 bits per heavy atom. The Labute approximate surface area is 45.1 Å². The summed E-state index contributed by atoms with van der Waals surface area (Å²) < 4.78 is 0. The van der Waals surface area contributed by atoms with Crippen LogP contribution in [0.15, 0.2) is 0 Å². The van der Waals surface area contributed by atoms with Gasteiger partial charge in [0.1, 0.15) is 0 Å². The van der Waals surface area contributed by atoms with Gasteiger partial charge in [0.2, 0.25) is 0 Å². The molecule has 0 aliphatic heterocycles. The van der Waals surface area contributed by atoms with E-state index in [0.29, 0.717) is 21.8 Å². The normalized spacial score (nSPS) is 7.67. The van der Waals surface area contributed by atoms with Gasteiger partial charge in [0.15, 0.2) is 0 Å². The fourth-order valence-electron chi connectivity index (χ4n) is 0.295. The molecule has 2 heteroatoms. The third-order valence-corrected chi connectivity index (χ3v) is 1.87. The first kappa shape index (κ1) is 6.49. The average molecular weight is 101 g/mol. The number of hydrogen-bond donors (Lipinski definition) is 1. The number of hydrogen-bond acceptors (Lipinski definition) is 1. The maximum absolute atomic E-state index is 8.22. The molecule has 0 atom stereocenters. The topological polar surface area (TPSA) is 20.2 Å². The van der Waals surface area contributed by atoms with Gasteiger partial charge in [0.05, 0.1) is 0 Å². The van der Waals surface area contributed by atoms with Crippen LogP contribution in [0.1, 0.15) is 6.92 Å². The first-order chi connectivity index (χ1) is 2.91. The van der Waals surface area contributed by atoms with Crippen molar-refractivity contribution in [2.24, 2.45) is 0 Å². The summed E-state index contributed by atoms with van der Waals surface area (Å²) in [4.78, 5) is 0. The van der Waals surface area contributed by atoms with E-state index in [9.17, 15) is 0 Å². The van der Waals surface area contributed by atoms with Crippen molar-refractivity contribution in [1.82, 2.24) is 0 Å². The zero-order valence-corrected chi connectivity index (χ0v) is 5.30. The van der Waals surface area contributed by atoms with E-state index in [1.54, 1.807) is 0 Å². The van der Waals surface area contributed by atoms with E-state index in [4.69, 9.17) is 5.11 Å². The summed E-state index contributed by atoms with van der Waals surface area (Å²) in [5.41, 5.74) is 0. The third kappa shape index (κ3) is 4.49. The van der Waals surface area contributed by atoms with Crippen LogP contribution in [0.5, 0.6) is 0 Å². The molecule has 0 fully saturated rings. The molecule has 0 aliphatic rings. The Bertz CT molecular complexity index is 19.5. The van der Waals surface area contributed by atoms with E-state index in [1.807, 2.05) is 0 Å². The molecule has 0 saturated heterocycles. The monoisotopic (exact) mass is 101 g/mol. The van der Waals surface area contributed by atoms with Gasteiger partial charge in [0.25, 0.3) is 0 Å². The van der Waals surface area contributed by atoms with Crippen molar-refractivity contribution in [3.8, 4) is 0 Å². The molecule has 1 nitrogen and oxygen atoms in total. The van der Waals surface area contributed by atoms with Gasteiger partial charge in [-0.1, -0.05) is 0 Å². The van der Waals surface area contributed by atoms with Crippen molar-refractivity contribution >= 4 is 15.2 Å². The molecule has 0 bridgehead atoms. The van der Waals surface area contributed by atoms with Crippen LogP contribution in [0.4, 0.5) is 0 Å². The van der Waals surface area contributed by atoms with Crippen molar-refractivity contribution in [2.75, 3.05) is 6.61 Å². The van der Waals surface area contributed by atoms with Crippen LogP contribution >= 0.6 is 0 Å². The predicted octanol–water partition coefficient (Wildman–Crippen LogP) is 0.539. The molecule has 0 heterocycles. The Morgan fingerprint density at radius 3 is 2.50 bits per heavy atom. The summed E-state index contributed by atoms with van der Waals surface area (Å²) in [6, 6.07) is 0. The van der Waals surface area contributed by atoms with Gasteiger partial charge in [-0.05, 0) is 0 Å². The second-order valence-electron chi connectivity index (χ2n) is 1.21. The summed E-state index contributed by atoms with van der Waals surface area (Å²) in [5.74, 6) is 0. The second kappa shape index (κ2) is 5.49. The Balaban J connectivity index is 2.34. The molecule has 0 aromatic heterocycles. The van der Waals surface area contributed by atoms with Crippen molar-refractivity contribution < 1.29 is 5.11 Å². The van der Waals surface area contributed by atoms with Crippen LogP contribution in [0.2, 0.25) is 10.6 Å². The van der Waals surface area contributed by atoms with Crippen molar-refractivity contribution in [3.05, 3.63) is 0 Å². The maximum atomic E-state index is 8.22. The van der Waals surface area contributed by atoms with Crippen LogP contribution in [0.3, 0.4) is 0 Å². The quantitative estimate of drug-likeness (QED) is 0.406. The first-order valence-corrected chi connectivity index (χ1v) is 3.97. The van der Waals surface area contributed by atoms with Crippen molar-refractivity contribution in [2.45, 2.75) is 17.5 Å². The standard InChI is InChI=1S/C2H5O.C2H5.Al/c1-2-3;1-2;/h3H,1-2H2;1H2,2H3;/q;;+1. The molecule has 0 aromatic rings. The molecule has 0 saturated carbocycles. The number of aliphatic hydroxyl groups excluding tert-OH is 1. The van der Waals surface area contributed by atoms with Gasteiger partial charge < -0.3 is 0 Å². The summed E-state index contributed by atoms with van der Waals surface area (Å²) in [5, 5.41) is 10.5. The summed E-state index contributed by atoms with van der Waals surface area (Å²) in [6.07, 6.45) is 0. The summed E-state index contributed by atoms with van der Waals surface area (Å²) >= 11 is 0.568. The molecular weight excluding hydrogens is 91.0 g/mol. The minimum absolute atomic E-state index is 0.392. The van der Waals surface area contributed by atoms with E-state index in [2.05, 4.69) is 6.92 Å². The SMILES string of the molecule is C[CH2][Al+][CH2]CO. The van der Waals surface area contributed by atoms with Crippen molar-refractivity contribution in [1.29, 1.82) is 0 Å². The zero-order chi connectivity index (χ0) is 4.83. The summed E-state index contributed by atoms with van der Waals surface area (Å²) in [7, 11) is 0. The molecule has 6 heavy (non-hydrogen) atoms. The molecule has 0 radical (unpaired) electrons. The van der Waals surface area contributed by atoms with Crippen LogP contribution in [-0.4, -0.2) is 26.9 Å². The van der Waals surface area contributed by atoms with E-state index in [1.165, 1.54) is 5.28 Å². The van der Waals surface area contributed by atoms with E-state index in [-0.39, 0.29) is 0 Å².